The number of anilines is 1. The molecule has 2 rings (SSSR count). The standard InChI is InChI=1S/C16H20BrNO5/c1-22-13-7-11(17)12(8-14(13)23-2)18-15(19)9-3-5-10(6-4-9)16(20)21/h7-10H,3-6H2,1-2H3,(H,18,19)(H,20,21). The van der Waals surface area contributed by atoms with Crippen LogP contribution in [0, 0.1) is 11.8 Å². The maximum atomic E-state index is 12.4. The van der Waals surface area contributed by atoms with Crippen molar-refractivity contribution in [2.45, 2.75) is 25.7 Å². The first-order chi connectivity index (χ1) is 11.0. The quantitative estimate of drug-likeness (QED) is 0.811. The van der Waals surface area contributed by atoms with Crippen molar-refractivity contribution >= 4 is 33.5 Å². The maximum absolute atomic E-state index is 12.4. The first-order valence-electron chi connectivity index (χ1n) is 7.41. The number of carboxylic acid groups (broad SMARTS) is 1. The van der Waals surface area contributed by atoms with Crippen LogP contribution in [-0.4, -0.2) is 31.2 Å². The molecule has 0 heterocycles. The van der Waals surface area contributed by atoms with Crippen molar-refractivity contribution in [1.82, 2.24) is 0 Å². The van der Waals surface area contributed by atoms with E-state index in [1.807, 2.05) is 0 Å². The summed E-state index contributed by atoms with van der Waals surface area (Å²) in [6, 6.07) is 3.43. The van der Waals surface area contributed by atoms with E-state index in [1.165, 1.54) is 7.11 Å². The normalized spacial score (nSPS) is 20.7. The predicted octanol–water partition coefficient (Wildman–Crippen LogP) is 3.30. The third-order valence-electron chi connectivity index (χ3n) is 4.18. The molecule has 7 heteroatoms. The van der Waals surface area contributed by atoms with Gasteiger partial charge in [0.15, 0.2) is 11.5 Å². The molecule has 6 nitrogen and oxygen atoms in total. The number of methoxy groups -OCH3 is 2. The summed E-state index contributed by atoms with van der Waals surface area (Å²) in [5.74, 6) is -0.259. The van der Waals surface area contributed by atoms with Crippen LogP contribution in [0.25, 0.3) is 0 Å². The number of hydrogen-bond acceptors (Lipinski definition) is 4. The van der Waals surface area contributed by atoms with E-state index in [0.29, 0.717) is 47.3 Å². The largest absolute Gasteiger partial charge is 0.493 e. The van der Waals surface area contributed by atoms with E-state index < -0.39 is 5.97 Å². The summed E-state index contributed by atoms with van der Waals surface area (Å²) in [6.45, 7) is 0. The van der Waals surface area contributed by atoms with E-state index in [1.54, 1.807) is 19.2 Å². The van der Waals surface area contributed by atoms with Crippen LogP contribution in [0.3, 0.4) is 0 Å². The number of amides is 1. The summed E-state index contributed by atoms with van der Waals surface area (Å²) in [5, 5.41) is 11.9. The van der Waals surface area contributed by atoms with E-state index >= 15 is 0 Å². The molecule has 0 bridgehead atoms. The van der Waals surface area contributed by atoms with Crippen LogP contribution in [0.15, 0.2) is 16.6 Å². The molecule has 0 atom stereocenters. The highest BCUT2D eigenvalue weighted by atomic mass is 79.9. The molecule has 0 aliphatic heterocycles. The SMILES string of the molecule is COc1cc(Br)c(NC(=O)C2CCC(C(=O)O)CC2)cc1OC. The number of carbonyl (C=O) groups excluding carboxylic acids is 1. The van der Waals surface area contributed by atoms with Gasteiger partial charge < -0.3 is 19.9 Å². The van der Waals surface area contributed by atoms with Crippen LogP contribution in [0.4, 0.5) is 5.69 Å². The highest BCUT2D eigenvalue weighted by Crippen LogP contribution is 2.37. The minimum atomic E-state index is -0.772. The molecule has 0 saturated heterocycles. The van der Waals surface area contributed by atoms with Crippen LogP contribution in [0.2, 0.25) is 0 Å². The van der Waals surface area contributed by atoms with Gasteiger partial charge in [-0.15, -0.1) is 0 Å². The van der Waals surface area contributed by atoms with Gasteiger partial charge in [-0.05, 0) is 41.6 Å². The Balaban J connectivity index is 2.05. The Kier molecular flexibility index (Phi) is 5.87. The molecule has 1 aromatic rings. The summed E-state index contributed by atoms with van der Waals surface area (Å²) in [7, 11) is 3.08. The minimum Gasteiger partial charge on any atom is -0.493 e. The lowest BCUT2D eigenvalue weighted by atomic mass is 9.81. The number of halogens is 1. The van der Waals surface area contributed by atoms with Crippen molar-refractivity contribution in [3.05, 3.63) is 16.6 Å². The molecule has 2 N–H and O–H groups in total. The third-order valence-corrected chi connectivity index (χ3v) is 4.83. The van der Waals surface area contributed by atoms with Crippen molar-refractivity contribution in [1.29, 1.82) is 0 Å². The Morgan fingerprint density at radius 3 is 2.13 bits per heavy atom. The number of carboxylic acids is 1. The number of carbonyl (C=O) groups is 2. The van der Waals surface area contributed by atoms with Gasteiger partial charge in [0.25, 0.3) is 0 Å². The second-order valence-corrected chi connectivity index (χ2v) is 6.42. The summed E-state index contributed by atoms with van der Waals surface area (Å²) >= 11 is 3.40. The van der Waals surface area contributed by atoms with Crippen molar-refractivity contribution in [3.8, 4) is 11.5 Å². The van der Waals surface area contributed by atoms with Gasteiger partial charge in [0.1, 0.15) is 0 Å². The highest BCUT2D eigenvalue weighted by molar-refractivity contribution is 9.10. The summed E-state index contributed by atoms with van der Waals surface area (Å²) in [5.41, 5.74) is 0.605. The molecule has 23 heavy (non-hydrogen) atoms. The number of hydrogen-bond donors (Lipinski definition) is 2. The molecule has 1 amide bonds. The Morgan fingerprint density at radius 2 is 1.61 bits per heavy atom. The van der Waals surface area contributed by atoms with Crippen LogP contribution < -0.4 is 14.8 Å². The number of aliphatic carboxylic acids is 1. The molecule has 0 aromatic heterocycles. The van der Waals surface area contributed by atoms with Crippen LogP contribution >= 0.6 is 15.9 Å². The monoisotopic (exact) mass is 385 g/mol. The number of ether oxygens (including phenoxy) is 2. The molecule has 1 aliphatic rings. The van der Waals surface area contributed by atoms with Gasteiger partial charge in [-0.1, -0.05) is 0 Å². The molecule has 1 aromatic carbocycles. The van der Waals surface area contributed by atoms with Crippen LogP contribution in [0.1, 0.15) is 25.7 Å². The van der Waals surface area contributed by atoms with Crippen LogP contribution in [-0.2, 0) is 9.59 Å². The predicted molar refractivity (Wildman–Crippen MR) is 89.0 cm³/mol. The summed E-state index contributed by atoms with van der Waals surface area (Å²) in [4.78, 5) is 23.4. The number of benzene rings is 1. The smallest absolute Gasteiger partial charge is 0.306 e. The Bertz CT molecular complexity index is 596. The van der Waals surface area contributed by atoms with Crippen molar-refractivity contribution in [3.63, 3.8) is 0 Å². The number of rotatable bonds is 5. The summed E-state index contributed by atoms with van der Waals surface area (Å²) in [6.07, 6.45) is 2.27. The van der Waals surface area contributed by atoms with Crippen molar-refractivity contribution in [2.24, 2.45) is 11.8 Å². The fraction of sp³-hybridized carbons (Fsp3) is 0.500. The van der Waals surface area contributed by atoms with E-state index in [2.05, 4.69) is 21.2 Å². The fourth-order valence-corrected chi connectivity index (χ4v) is 3.21. The molecule has 0 radical (unpaired) electrons. The van der Waals surface area contributed by atoms with Gasteiger partial charge in [-0.2, -0.15) is 0 Å². The lowest BCUT2D eigenvalue weighted by Crippen LogP contribution is -2.29. The first kappa shape index (κ1) is 17.6. The number of nitrogens with one attached hydrogen (secondary N) is 1. The van der Waals surface area contributed by atoms with Gasteiger partial charge in [0.2, 0.25) is 5.91 Å². The molecule has 0 spiro atoms. The van der Waals surface area contributed by atoms with E-state index in [0.717, 1.165) is 0 Å². The molecule has 126 valence electrons. The summed E-state index contributed by atoms with van der Waals surface area (Å²) < 4.78 is 11.1. The van der Waals surface area contributed by atoms with Gasteiger partial charge >= 0.3 is 5.97 Å². The topological polar surface area (TPSA) is 84.9 Å². The van der Waals surface area contributed by atoms with E-state index in [4.69, 9.17) is 14.6 Å². The zero-order valence-electron chi connectivity index (χ0n) is 13.1. The van der Waals surface area contributed by atoms with Gasteiger partial charge in [-0.3, -0.25) is 9.59 Å². The van der Waals surface area contributed by atoms with Gasteiger partial charge in [-0.25, -0.2) is 0 Å². The van der Waals surface area contributed by atoms with Crippen molar-refractivity contribution in [2.75, 3.05) is 19.5 Å². The van der Waals surface area contributed by atoms with Crippen LogP contribution in [0.5, 0.6) is 11.5 Å². The van der Waals surface area contributed by atoms with E-state index in [9.17, 15) is 9.59 Å². The lowest BCUT2D eigenvalue weighted by molar-refractivity contribution is -0.143. The first-order valence-corrected chi connectivity index (χ1v) is 8.20. The van der Waals surface area contributed by atoms with Crippen molar-refractivity contribution < 1.29 is 24.2 Å². The average molecular weight is 386 g/mol. The third kappa shape index (κ3) is 4.16. The molecule has 1 fully saturated rings. The Hall–Kier alpha value is -1.76. The Labute approximate surface area is 143 Å². The fourth-order valence-electron chi connectivity index (χ4n) is 2.79. The molecular formula is C16H20BrNO5. The average Bonchev–Trinajstić information content (AvgIpc) is 2.56. The second-order valence-electron chi connectivity index (χ2n) is 5.56. The van der Waals surface area contributed by atoms with Gasteiger partial charge in [0, 0.05) is 22.5 Å². The molecule has 1 saturated carbocycles. The zero-order chi connectivity index (χ0) is 17.0. The molecule has 0 unspecified atom stereocenters. The highest BCUT2D eigenvalue weighted by Gasteiger charge is 2.30. The maximum Gasteiger partial charge on any atom is 0.306 e. The Morgan fingerprint density at radius 1 is 1.09 bits per heavy atom. The lowest BCUT2D eigenvalue weighted by Gasteiger charge is -2.25. The second kappa shape index (κ2) is 7.68. The van der Waals surface area contributed by atoms with E-state index in [-0.39, 0.29) is 17.7 Å². The minimum absolute atomic E-state index is 0.0956. The molecule has 1 aliphatic carbocycles. The zero-order valence-corrected chi connectivity index (χ0v) is 14.7. The molecular weight excluding hydrogens is 366 g/mol. The van der Waals surface area contributed by atoms with Gasteiger partial charge in [0.05, 0.1) is 25.8 Å².